The number of amides is 1. The molecule has 6 nitrogen and oxygen atoms in total. The maximum atomic E-state index is 13.2. The second kappa shape index (κ2) is 10.3. The third kappa shape index (κ3) is 5.49. The van der Waals surface area contributed by atoms with Crippen molar-refractivity contribution in [1.29, 1.82) is 0 Å². The van der Waals surface area contributed by atoms with E-state index in [1.165, 1.54) is 14.2 Å². The fourth-order valence-electron chi connectivity index (χ4n) is 2.93. The number of carbonyl (C=O) groups excluding carboxylic acids is 2. The molecule has 0 aliphatic carbocycles. The van der Waals surface area contributed by atoms with Crippen molar-refractivity contribution in [1.82, 2.24) is 4.90 Å². The molecule has 0 N–H and O–H groups in total. The molecule has 0 saturated carbocycles. The first-order valence-electron chi connectivity index (χ1n) is 9.13. The molecule has 2 aromatic rings. The number of hydrogen-bond donors (Lipinski definition) is 0. The summed E-state index contributed by atoms with van der Waals surface area (Å²) in [7, 11) is 4.50. The van der Waals surface area contributed by atoms with E-state index in [0.29, 0.717) is 24.3 Å². The standard InChI is InChI=1S/C22H27NO5/c1-16(22(25)28-4)15-23(14-13-17-9-11-18(26-2)12-10-17)21(24)19-7-5-6-8-20(19)27-3/h5-12,16H,13-15H2,1-4H3. The fraction of sp³-hybridized carbons (Fsp3) is 0.364. The molecule has 1 amide bonds. The zero-order chi connectivity index (χ0) is 20.5. The molecular weight excluding hydrogens is 358 g/mol. The highest BCUT2D eigenvalue weighted by molar-refractivity contribution is 5.97. The van der Waals surface area contributed by atoms with Crippen LogP contribution < -0.4 is 9.47 Å². The van der Waals surface area contributed by atoms with Gasteiger partial charge in [0.25, 0.3) is 5.91 Å². The molecule has 2 rings (SSSR count). The van der Waals surface area contributed by atoms with Crippen molar-refractivity contribution in [3.05, 3.63) is 59.7 Å². The number of para-hydroxylation sites is 1. The molecule has 2 aromatic carbocycles. The topological polar surface area (TPSA) is 65.1 Å². The first-order chi connectivity index (χ1) is 13.5. The van der Waals surface area contributed by atoms with Gasteiger partial charge >= 0.3 is 5.97 Å². The highest BCUT2D eigenvalue weighted by Crippen LogP contribution is 2.21. The summed E-state index contributed by atoms with van der Waals surface area (Å²) in [5, 5.41) is 0. The maximum Gasteiger partial charge on any atom is 0.310 e. The molecule has 0 heterocycles. The van der Waals surface area contributed by atoms with Crippen molar-refractivity contribution in [2.45, 2.75) is 13.3 Å². The minimum absolute atomic E-state index is 0.179. The lowest BCUT2D eigenvalue weighted by molar-refractivity contribution is -0.145. The zero-order valence-corrected chi connectivity index (χ0v) is 16.8. The van der Waals surface area contributed by atoms with Crippen molar-refractivity contribution >= 4 is 11.9 Å². The molecule has 1 unspecified atom stereocenters. The molecule has 0 spiro atoms. The Morgan fingerprint density at radius 2 is 1.64 bits per heavy atom. The third-order valence-electron chi connectivity index (χ3n) is 4.55. The van der Waals surface area contributed by atoms with Gasteiger partial charge in [0.2, 0.25) is 0 Å². The van der Waals surface area contributed by atoms with Gasteiger partial charge in [-0.1, -0.05) is 31.2 Å². The predicted octanol–water partition coefficient (Wildman–Crippen LogP) is 3.20. The molecule has 0 aliphatic heterocycles. The summed E-state index contributed by atoms with van der Waals surface area (Å²) in [5.74, 6) is 0.334. The number of carbonyl (C=O) groups is 2. The number of esters is 1. The highest BCUT2D eigenvalue weighted by Gasteiger charge is 2.24. The van der Waals surface area contributed by atoms with Crippen LogP contribution in [-0.4, -0.2) is 51.2 Å². The van der Waals surface area contributed by atoms with E-state index >= 15 is 0 Å². The summed E-state index contributed by atoms with van der Waals surface area (Å²) in [6.07, 6.45) is 0.652. The summed E-state index contributed by atoms with van der Waals surface area (Å²) in [5.41, 5.74) is 1.54. The number of nitrogens with zero attached hydrogens (tertiary/aromatic N) is 1. The lowest BCUT2D eigenvalue weighted by atomic mass is 10.1. The second-order valence-corrected chi connectivity index (χ2v) is 6.47. The van der Waals surface area contributed by atoms with Crippen molar-refractivity contribution in [2.24, 2.45) is 5.92 Å². The van der Waals surface area contributed by atoms with Crippen LogP contribution in [0.25, 0.3) is 0 Å². The molecule has 1 atom stereocenters. The Morgan fingerprint density at radius 3 is 2.25 bits per heavy atom. The Balaban J connectivity index is 2.20. The van der Waals surface area contributed by atoms with Crippen molar-refractivity contribution in [3.63, 3.8) is 0 Å². The van der Waals surface area contributed by atoms with Crippen LogP contribution in [-0.2, 0) is 16.0 Å². The SMILES string of the molecule is COC(=O)C(C)CN(CCc1ccc(OC)cc1)C(=O)c1ccccc1OC. The van der Waals surface area contributed by atoms with E-state index in [1.54, 1.807) is 37.1 Å². The van der Waals surface area contributed by atoms with Crippen LogP contribution in [0.15, 0.2) is 48.5 Å². The van der Waals surface area contributed by atoms with Gasteiger partial charge in [-0.25, -0.2) is 0 Å². The monoisotopic (exact) mass is 385 g/mol. The fourth-order valence-corrected chi connectivity index (χ4v) is 2.93. The van der Waals surface area contributed by atoms with Crippen molar-refractivity contribution in [3.8, 4) is 11.5 Å². The molecule has 0 aromatic heterocycles. The summed E-state index contributed by atoms with van der Waals surface area (Å²) in [6.45, 7) is 2.48. The minimum atomic E-state index is -0.431. The maximum absolute atomic E-state index is 13.2. The molecule has 0 radical (unpaired) electrons. The number of rotatable bonds is 9. The van der Waals surface area contributed by atoms with E-state index in [-0.39, 0.29) is 18.4 Å². The lowest BCUT2D eigenvalue weighted by Crippen LogP contribution is -2.38. The average Bonchev–Trinajstić information content (AvgIpc) is 2.75. The highest BCUT2D eigenvalue weighted by atomic mass is 16.5. The van der Waals surface area contributed by atoms with E-state index in [4.69, 9.17) is 14.2 Å². The van der Waals surface area contributed by atoms with Gasteiger partial charge in [-0.15, -0.1) is 0 Å². The van der Waals surface area contributed by atoms with Crippen LogP contribution >= 0.6 is 0 Å². The smallest absolute Gasteiger partial charge is 0.310 e. The average molecular weight is 385 g/mol. The summed E-state index contributed by atoms with van der Waals surface area (Å²) in [6, 6.07) is 14.8. The van der Waals surface area contributed by atoms with Crippen LogP contribution in [0.2, 0.25) is 0 Å². The molecule has 0 bridgehead atoms. The largest absolute Gasteiger partial charge is 0.497 e. The van der Waals surface area contributed by atoms with Crippen LogP contribution in [0.4, 0.5) is 0 Å². The molecular formula is C22H27NO5. The zero-order valence-electron chi connectivity index (χ0n) is 16.8. The van der Waals surface area contributed by atoms with Gasteiger partial charge in [0, 0.05) is 13.1 Å². The molecule has 28 heavy (non-hydrogen) atoms. The van der Waals surface area contributed by atoms with Gasteiger partial charge in [0.05, 0.1) is 32.8 Å². The summed E-state index contributed by atoms with van der Waals surface area (Å²) >= 11 is 0. The Kier molecular flexibility index (Phi) is 7.87. The minimum Gasteiger partial charge on any atom is -0.497 e. The van der Waals surface area contributed by atoms with Crippen LogP contribution in [0.3, 0.4) is 0 Å². The van der Waals surface area contributed by atoms with Crippen LogP contribution in [0.5, 0.6) is 11.5 Å². The van der Waals surface area contributed by atoms with E-state index < -0.39 is 5.92 Å². The van der Waals surface area contributed by atoms with Gasteiger partial charge in [0.1, 0.15) is 11.5 Å². The van der Waals surface area contributed by atoms with Gasteiger partial charge in [-0.3, -0.25) is 9.59 Å². The lowest BCUT2D eigenvalue weighted by Gasteiger charge is -2.26. The third-order valence-corrected chi connectivity index (χ3v) is 4.55. The molecule has 150 valence electrons. The molecule has 6 heteroatoms. The molecule has 0 fully saturated rings. The summed E-state index contributed by atoms with van der Waals surface area (Å²) < 4.78 is 15.3. The number of hydrogen-bond acceptors (Lipinski definition) is 5. The first-order valence-corrected chi connectivity index (χ1v) is 9.13. The quantitative estimate of drug-likeness (QED) is 0.620. The first kappa shape index (κ1) is 21.3. The Bertz CT molecular complexity index is 788. The van der Waals surface area contributed by atoms with Crippen LogP contribution in [0.1, 0.15) is 22.8 Å². The molecule has 0 aliphatic rings. The van der Waals surface area contributed by atoms with Gasteiger partial charge in [-0.2, -0.15) is 0 Å². The van der Waals surface area contributed by atoms with E-state index in [9.17, 15) is 9.59 Å². The van der Waals surface area contributed by atoms with E-state index in [0.717, 1.165) is 11.3 Å². The number of methoxy groups -OCH3 is 3. The Hall–Kier alpha value is -3.02. The normalized spacial score (nSPS) is 11.4. The van der Waals surface area contributed by atoms with E-state index in [1.807, 2.05) is 30.3 Å². The number of benzene rings is 2. The van der Waals surface area contributed by atoms with Gasteiger partial charge < -0.3 is 19.1 Å². The second-order valence-electron chi connectivity index (χ2n) is 6.47. The number of ether oxygens (including phenoxy) is 3. The Labute approximate surface area is 166 Å². The predicted molar refractivity (Wildman–Crippen MR) is 107 cm³/mol. The van der Waals surface area contributed by atoms with Crippen molar-refractivity contribution in [2.75, 3.05) is 34.4 Å². The Morgan fingerprint density at radius 1 is 0.964 bits per heavy atom. The molecule has 0 saturated heterocycles. The van der Waals surface area contributed by atoms with Crippen LogP contribution in [0, 0.1) is 5.92 Å². The van der Waals surface area contributed by atoms with E-state index in [2.05, 4.69) is 0 Å². The van der Waals surface area contributed by atoms with Gasteiger partial charge in [0.15, 0.2) is 0 Å². The van der Waals surface area contributed by atoms with Crippen molar-refractivity contribution < 1.29 is 23.8 Å². The summed E-state index contributed by atoms with van der Waals surface area (Å²) in [4.78, 5) is 26.7. The van der Waals surface area contributed by atoms with Gasteiger partial charge in [-0.05, 0) is 36.2 Å².